The summed E-state index contributed by atoms with van der Waals surface area (Å²) in [5.74, 6) is -0.846. The number of aryl methyl sites for hydroxylation is 1. The van der Waals surface area contributed by atoms with Gasteiger partial charge in [-0.25, -0.2) is 9.48 Å². The molecule has 0 aliphatic heterocycles. The maximum atomic E-state index is 11.6. The van der Waals surface area contributed by atoms with Gasteiger partial charge in [0.1, 0.15) is 6.10 Å². The Morgan fingerprint density at radius 3 is 2.50 bits per heavy atom. The summed E-state index contributed by atoms with van der Waals surface area (Å²) in [6.45, 7) is 5.29. The molecule has 2 aromatic rings. The molecule has 0 saturated carbocycles. The van der Waals surface area contributed by atoms with E-state index in [2.05, 4.69) is 5.10 Å². The second-order valence-corrected chi connectivity index (χ2v) is 4.97. The average molecular weight is 304 g/mol. The zero-order valence-corrected chi connectivity index (χ0v) is 12.9. The van der Waals surface area contributed by atoms with Crippen LogP contribution in [0.3, 0.4) is 0 Å². The predicted octanol–water partition coefficient (Wildman–Crippen LogP) is 1.45. The molecule has 0 amide bonds. The Labute approximate surface area is 129 Å². The van der Waals surface area contributed by atoms with Crippen molar-refractivity contribution in [3.05, 3.63) is 47.3 Å². The molecule has 1 heterocycles. The van der Waals surface area contributed by atoms with E-state index < -0.39 is 18.2 Å². The molecule has 0 bridgehead atoms. The minimum atomic E-state index is -1.63. The molecule has 1 aromatic carbocycles. The van der Waals surface area contributed by atoms with Crippen LogP contribution in [-0.2, 0) is 9.53 Å². The summed E-state index contributed by atoms with van der Waals surface area (Å²) in [7, 11) is 0. The van der Waals surface area contributed by atoms with Crippen LogP contribution in [0.25, 0.3) is 5.69 Å². The Morgan fingerprint density at radius 2 is 1.91 bits per heavy atom. The predicted molar refractivity (Wildman–Crippen MR) is 80.6 cm³/mol. The molecule has 2 unspecified atom stereocenters. The van der Waals surface area contributed by atoms with Crippen LogP contribution in [0, 0.1) is 13.8 Å². The summed E-state index contributed by atoms with van der Waals surface area (Å²) in [5.41, 5.74) is 2.49. The number of aliphatic hydroxyl groups excluding tert-OH is 2. The summed E-state index contributed by atoms with van der Waals surface area (Å²) in [6.07, 6.45) is -3.01. The van der Waals surface area contributed by atoms with E-state index in [4.69, 9.17) is 4.74 Å². The van der Waals surface area contributed by atoms with Gasteiger partial charge in [0.2, 0.25) is 0 Å². The summed E-state index contributed by atoms with van der Waals surface area (Å²) in [4.78, 5) is 11.6. The highest BCUT2D eigenvalue weighted by Gasteiger charge is 2.31. The number of carbonyl (C=O) groups excluding carboxylic acids is 1. The normalized spacial score (nSPS) is 13.7. The summed E-state index contributed by atoms with van der Waals surface area (Å²) >= 11 is 0. The Balaban J connectivity index is 2.36. The molecular formula is C16H20N2O4. The number of esters is 1. The number of benzene rings is 1. The van der Waals surface area contributed by atoms with E-state index in [0.29, 0.717) is 17.0 Å². The number of hydrogen-bond acceptors (Lipinski definition) is 5. The third kappa shape index (κ3) is 3.03. The van der Waals surface area contributed by atoms with Gasteiger partial charge in [-0.1, -0.05) is 18.2 Å². The topological polar surface area (TPSA) is 84.6 Å². The van der Waals surface area contributed by atoms with Crippen LogP contribution in [0.5, 0.6) is 0 Å². The second kappa shape index (κ2) is 6.72. The van der Waals surface area contributed by atoms with E-state index in [0.717, 1.165) is 5.69 Å². The van der Waals surface area contributed by atoms with Crippen LogP contribution in [0.15, 0.2) is 30.3 Å². The Kier molecular flexibility index (Phi) is 4.95. The molecule has 6 nitrogen and oxygen atoms in total. The first-order valence-electron chi connectivity index (χ1n) is 7.11. The van der Waals surface area contributed by atoms with Crippen molar-refractivity contribution in [2.75, 3.05) is 6.61 Å². The highest BCUT2D eigenvalue weighted by molar-refractivity contribution is 5.75. The van der Waals surface area contributed by atoms with Crippen LogP contribution in [0.4, 0.5) is 0 Å². The van der Waals surface area contributed by atoms with Gasteiger partial charge >= 0.3 is 5.97 Å². The highest BCUT2D eigenvalue weighted by atomic mass is 16.5. The molecule has 0 fully saturated rings. The highest BCUT2D eigenvalue weighted by Crippen LogP contribution is 2.26. The van der Waals surface area contributed by atoms with Gasteiger partial charge in [-0.05, 0) is 32.9 Å². The molecule has 0 saturated heterocycles. The standard InChI is InChI=1S/C16H20N2O4/c1-4-22-16(21)15(20)14(19)13-10(2)17-18(11(13)3)12-8-6-5-7-9-12/h5-9,14-15,19-20H,4H2,1-3H3. The number of aromatic nitrogens is 2. The maximum Gasteiger partial charge on any atom is 0.338 e. The van der Waals surface area contributed by atoms with E-state index in [9.17, 15) is 15.0 Å². The van der Waals surface area contributed by atoms with Crippen LogP contribution >= 0.6 is 0 Å². The minimum absolute atomic E-state index is 0.143. The van der Waals surface area contributed by atoms with Gasteiger partial charge in [-0.2, -0.15) is 5.10 Å². The lowest BCUT2D eigenvalue weighted by Gasteiger charge is -2.17. The van der Waals surface area contributed by atoms with Gasteiger partial charge in [-0.15, -0.1) is 0 Å². The lowest BCUT2D eigenvalue weighted by molar-refractivity contribution is -0.159. The van der Waals surface area contributed by atoms with Crippen LogP contribution in [-0.4, -0.2) is 38.7 Å². The fourth-order valence-corrected chi connectivity index (χ4v) is 2.42. The number of para-hydroxylation sites is 1. The van der Waals surface area contributed by atoms with E-state index in [1.54, 1.807) is 25.5 Å². The lowest BCUT2D eigenvalue weighted by atomic mass is 10.0. The van der Waals surface area contributed by atoms with Crippen molar-refractivity contribution in [2.45, 2.75) is 33.0 Å². The first-order chi connectivity index (χ1) is 10.5. The molecule has 2 N–H and O–H groups in total. The fraction of sp³-hybridized carbons (Fsp3) is 0.375. The second-order valence-electron chi connectivity index (χ2n) is 4.97. The van der Waals surface area contributed by atoms with Crippen molar-refractivity contribution >= 4 is 5.97 Å². The number of aliphatic hydroxyl groups is 2. The van der Waals surface area contributed by atoms with Crippen molar-refractivity contribution in [3.63, 3.8) is 0 Å². The fourth-order valence-electron chi connectivity index (χ4n) is 2.42. The molecule has 0 spiro atoms. The van der Waals surface area contributed by atoms with Crippen LogP contribution in [0.1, 0.15) is 30.0 Å². The Bertz CT molecular complexity index is 652. The van der Waals surface area contributed by atoms with E-state index >= 15 is 0 Å². The third-order valence-corrected chi connectivity index (χ3v) is 3.47. The maximum absolute atomic E-state index is 11.6. The largest absolute Gasteiger partial charge is 0.464 e. The molecule has 118 valence electrons. The number of rotatable bonds is 5. The zero-order chi connectivity index (χ0) is 16.3. The van der Waals surface area contributed by atoms with Crippen LogP contribution < -0.4 is 0 Å². The molecule has 0 aliphatic rings. The Morgan fingerprint density at radius 1 is 1.27 bits per heavy atom. The van der Waals surface area contributed by atoms with Gasteiger partial charge in [0.15, 0.2) is 6.10 Å². The van der Waals surface area contributed by atoms with Crippen molar-refractivity contribution in [3.8, 4) is 5.69 Å². The quantitative estimate of drug-likeness (QED) is 0.817. The van der Waals surface area contributed by atoms with Crippen molar-refractivity contribution in [1.29, 1.82) is 0 Å². The number of carbonyl (C=O) groups is 1. The van der Waals surface area contributed by atoms with E-state index in [1.807, 2.05) is 30.3 Å². The van der Waals surface area contributed by atoms with Gasteiger partial charge < -0.3 is 14.9 Å². The van der Waals surface area contributed by atoms with Crippen molar-refractivity contribution in [1.82, 2.24) is 9.78 Å². The number of ether oxygens (including phenoxy) is 1. The molecular weight excluding hydrogens is 284 g/mol. The third-order valence-electron chi connectivity index (χ3n) is 3.47. The molecule has 2 atom stereocenters. The summed E-state index contributed by atoms with van der Waals surface area (Å²) in [6, 6.07) is 9.44. The van der Waals surface area contributed by atoms with E-state index in [-0.39, 0.29) is 6.61 Å². The van der Waals surface area contributed by atoms with Gasteiger partial charge in [-0.3, -0.25) is 0 Å². The smallest absolute Gasteiger partial charge is 0.338 e. The SMILES string of the molecule is CCOC(=O)C(O)C(O)c1c(C)nn(-c2ccccc2)c1C. The molecule has 2 rings (SSSR count). The minimum Gasteiger partial charge on any atom is -0.464 e. The lowest BCUT2D eigenvalue weighted by Crippen LogP contribution is -2.30. The molecule has 0 radical (unpaired) electrons. The molecule has 6 heteroatoms. The van der Waals surface area contributed by atoms with Crippen LogP contribution in [0.2, 0.25) is 0 Å². The van der Waals surface area contributed by atoms with Gasteiger partial charge in [0.05, 0.1) is 18.0 Å². The Hall–Kier alpha value is -2.18. The van der Waals surface area contributed by atoms with E-state index in [1.165, 1.54) is 0 Å². The van der Waals surface area contributed by atoms with Gasteiger partial charge in [0.25, 0.3) is 0 Å². The molecule has 0 aliphatic carbocycles. The number of hydrogen-bond donors (Lipinski definition) is 2. The summed E-state index contributed by atoms with van der Waals surface area (Å²) < 4.78 is 6.41. The molecule has 1 aromatic heterocycles. The average Bonchev–Trinajstić information content (AvgIpc) is 2.82. The monoisotopic (exact) mass is 304 g/mol. The zero-order valence-electron chi connectivity index (χ0n) is 12.9. The molecule has 22 heavy (non-hydrogen) atoms. The van der Waals surface area contributed by atoms with Crippen molar-refractivity contribution < 1.29 is 19.7 Å². The number of nitrogens with zero attached hydrogens (tertiary/aromatic N) is 2. The first-order valence-corrected chi connectivity index (χ1v) is 7.11. The van der Waals surface area contributed by atoms with Crippen molar-refractivity contribution in [2.24, 2.45) is 0 Å². The summed E-state index contributed by atoms with van der Waals surface area (Å²) in [5, 5.41) is 24.6. The van der Waals surface area contributed by atoms with Gasteiger partial charge in [0, 0.05) is 11.3 Å². The first kappa shape index (κ1) is 16.2.